The van der Waals surface area contributed by atoms with E-state index >= 15 is 0 Å². The van der Waals surface area contributed by atoms with Crippen LogP contribution in [0.25, 0.3) is 5.82 Å². The highest BCUT2D eigenvalue weighted by atomic mass is 16.2. The molecule has 8 nitrogen and oxygen atoms in total. The Kier molecular flexibility index (Phi) is 2.95. The highest BCUT2D eigenvalue weighted by Gasteiger charge is 2.40. The molecule has 2 aromatic heterocycles. The van der Waals surface area contributed by atoms with Crippen molar-refractivity contribution in [2.45, 2.75) is 18.4 Å². The molecule has 2 aliphatic heterocycles. The summed E-state index contributed by atoms with van der Waals surface area (Å²) in [5, 5.41) is 14.5. The second kappa shape index (κ2) is 4.97. The van der Waals surface area contributed by atoms with Crippen molar-refractivity contribution >= 4 is 11.8 Å². The summed E-state index contributed by atoms with van der Waals surface area (Å²) >= 11 is 0. The van der Waals surface area contributed by atoms with E-state index in [1.54, 1.807) is 12.5 Å². The van der Waals surface area contributed by atoms with Gasteiger partial charge >= 0.3 is 6.03 Å². The number of hydrogen-bond acceptors (Lipinski definition) is 5. The van der Waals surface area contributed by atoms with Crippen molar-refractivity contribution in [3.05, 3.63) is 30.9 Å². The molecule has 8 heteroatoms. The molecule has 22 heavy (non-hydrogen) atoms. The van der Waals surface area contributed by atoms with Gasteiger partial charge in [0.05, 0.1) is 5.54 Å². The monoisotopic (exact) mass is 299 g/mol. The molecule has 2 aliphatic rings. The van der Waals surface area contributed by atoms with Gasteiger partial charge in [0.25, 0.3) is 0 Å². The molecule has 0 unspecified atom stereocenters. The van der Waals surface area contributed by atoms with Gasteiger partial charge in [0.1, 0.15) is 6.33 Å². The van der Waals surface area contributed by atoms with E-state index < -0.39 is 0 Å². The number of rotatable bonds is 2. The fraction of sp³-hybridized carbons (Fsp3) is 0.429. The lowest BCUT2D eigenvalue weighted by molar-refractivity contribution is 0.240. The topological polar surface area (TPSA) is 88.0 Å². The Labute approximate surface area is 127 Å². The lowest BCUT2D eigenvalue weighted by atomic mass is 9.88. The minimum atomic E-state index is -0.0856. The van der Waals surface area contributed by atoms with Crippen molar-refractivity contribution in [1.29, 1.82) is 0 Å². The third kappa shape index (κ3) is 2.26. The molecule has 1 spiro atoms. The number of carbonyl (C=O) groups is 1. The summed E-state index contributed by atoms with van der Waals surface area (Å²) in [4.78, 5) is 17.6. The first-order valence-electron chi connectivity index (χ1n) is 7.37. The molecule has 4 heterocycles. The zero-order chi connectivity index (χ0) is 15.0. The lowest BCUT2D eigenvalue weighted by Gasteiger charge is -2.38. The van der Waals surface area contributed by atoms with Crippen LogP contribution in [0.2, 0.25) is 0 Å². The zero-order valence-electron chi connectivity index (χ0n) is 12.1. The number of nitrogens with one attached hydrogen (secondary N) is 2. The summed E-state index contributed by atoms with van der Waals surface area (Å²) in [5.41, 5.74) is -0.0856. The molecule has 2 saturated heterocycles. The number of anilines is 1. The molecule has 0 aromatic carbocycles. The van der Waals surface area contributed by atoms with Crippen molar-refractivity contribution < 1.29 is 4.79 Å². The van der Waals surface area contributed by atoms with E-state index in [0.717, 1.165) is 37.6 Å². The Balaban J connectivity index is 1.44. The molecular weight excluding hydrogens is 282 g/mol. The van der Waals surface area contributed by atoms with E-state index in [1.807, 2.05) is 22.9 Å². The van der Waals surface area contributed by atoms with Gasteiger partial charge in [0, 0.05) is 32.0 Å². The van der Waals surface area contributed by atoms with Gasteiger partial charge in [0.15, 0.2) is 11.6 Å². The summed E-state index contributed by atoms with van der Waals surface area (Å²) in [6.07, 6.45) is 7.07. The Hall–Kier alpha value is -2.64. The van der Waals surface area contributed by atoms with Gasteiger partial charge in [-0.25, -0.2) is 9.78 Å². The van der Waals surface area contributed by atoms with Gasteiger partial charge in [-0.05, 0) is 25.0 Å². The second-order valence-electron chi connectivity index (χ2n) is 5.79. The van der Waals surface area contributed by atoms with Crippen molar-refractivity contribution in [2.75, 3.05) is 24.5 Å². The minimum absolute atomic E-state index is 0.0575. The maximum Gasteiger partial charge on any atom is 0.315 e. The van der Waals surface area contributed by atoms with Gasteiger partial charge in [-0.2, -0.15) is 0 Å². The molecule has 0 atom stereocenters. The van der Waals surface area contributed by atoms with Gasteiger partial charge < -0.3 is 15.5 Å². The predicted molar refractivity (Wildman–Crippen MR) is 79.9 cm³/mol. The summed E-state index contributed by atoms with van der Waals surface area (Å²) in [7, 11) is 0. The Morgan fingerprint density at radius 1 is 1.14 bits per heavy atom. The first kappa shape index (κ1) is 13.1. The number of nitrogens with zero attached hydrogens (tertiary/aromatic N) is 5. The number of imidazole rings is 1. The second-order valence-corrected chi connectivity index (χ2v) is 5.79. The minimum Gasteiger partial charge on any atom is -0.355 e. The fourth-order valence-corrected chi connectivity index (χ4v) is 3.06. The van der Waals surface area contributed by atoms with Crippen molar-refractivity contribution in [3.8, 4) is 5.82 Å². The summed E-state index contributed by atoms with van der Waals surface area (Å²) in [6.45, 7) is 2.44. The average molecular weight is 299 g/mol. The Morgan fingerprint density at radius 2 is 1.91 bits per heavy atom. The van der Waals surface area contributed by atoms with Crippen LogP contribution in [-0.4, -0.2) is 51.0 Å². The normalized spacial score (nSPS) is 20.0. The maximum absolute atomic E-state index is 11.4. The molecule has 0 aliphatic carbocycles. The standard InChI is InChI=1S/C14H17N7O/c22-13-16-9-14(17-13)3-6-20(7-4-14)11-1-2-12(19-18-11)21-8-5-15-10-21/h1-2,5,8,10H,3-4,6-7,9H2,(H2,16,17,22). The number of carbonyl (C=O) groups excluding carboxylic acids is 1. The fourth-order valence-electron chi connectivity index (χ4n) is 3.06. The number of amides is 2. The first-order valence-corrected chi connectivity index (χ1v) is 7.37. The van der Waals surface area contributed by atoms with Gasteiger partial charge in [-0.15, -0.1) is 10.2 Å². The number of hydrogen-bond donors (Lipinski definition) is 2. The maximum atomic E-state index is 11.4. The molecule has 4 rings (SSSR count). The van der Waals surface area contributed by atoms with E-state index in [2.05, 4.69) is 30.7 Å². The molecular formula is C14H17N7O. The highest BCUT2D eigenvalue weighted by molar-refractivity contribution is 5.77. The number of aromatic nitrogens is 4. The van der Waals surface area contributed by atoms with E-state index in [1.165, 1.54) is 0 Å². The quantitative estimate of drug-likeness (QED) is 0.833. The third-order valence-electron chi connectivity index (χ3n) is 4.42. The van der Waals surface area contributed by atoms with Crippen molar-refractivity contribution in [1.82, 2.24) is 30.4 Å². The van der Waals surface area contributed by atoms with Crippen LogP contribution in [0.3, 0.4) is 0 Å². The molecule has 114 valence electrons. The van der Waals surface area contributed by atoms with Crippen molar-refractivity contribution in [3.63, 3.8) is 0 Å². The zero-order valence-corrected chi connectivity index (χ0v) is 12.1. The van der Waals surface area contributed by atoms with E-state index in [9.17, 15) is 4.79 Å². The Bertz CT molecular complexity index is 659. The van der Waals surface area contributed by atoms with Gasteiger partial charge in [0.2, 0.25) is 0 Å². The third-order valence-corrected chi connectivity index (χ3v) is 4.42. The van der Waals surface area contributed by atoms with Crippen LogP contribution in [-0.2, 0) is 0 Å². The van der Waals surface area contributed by atoms with E-state index in [0.29, 0.717) is 6.54 Å². The van der Waals surface area contributed by atoms with Crippen LogP contribution in [0.4, 0.5) is 10.6 Å². The molecule has 0 radical (unpaired) electrons. The van der Waals surface area contributed by atoms with Crippen LogP contribution in [0.5, 0.6) is 0 Å². The molecule has 2 fully saturated rings. The van der Waals surface area contributed by atoms with E-state index in [-0.39, 0.29) is 11.6 Å². The number of piperidine rings is 1. The number of urea groups is 1. The SMILES string of the molecule is O=C1NCC2(CCN(c3ccc(-n4ccnc4)nn3)CC2)N1. The molecule has 2 amide bonds. The molecule has 2 N–H and O–H groups in total. The van der Waals surface area contributed by atoms with Crippen molar-refractivity contribution in [2.24, 2.45) is 0 Å². The van der Waals surface area contributed by atoms with Crippen LogP contribution in [0, 0.1) is 0 Å². The smallest absolute Gasteiger partial charge is 0.315 e. The first-order chi connectivity index (χ1) is 10.7. The molecule has 2 aromatic rings. The van der Waals surface area contributed by atoms with Gasteiger partial charge in [-0.3, -0.25) is 4.57 Å². The Morgan fingerprint density at radius 3 is 2.50 bits per heavy atom. The van der Waals surface area contributed by atoms with Crippen LogP contribution in [0.1, 0.15) is 12.8 Å². The van der Waals surface area contributed by atoms with Gasteiger partial charge in [-0.1, -0.05) is 0 Å². The molecule has 0 bridgehead atoms. The van der Waals surface area contributed by atoms with Crippen LogP contribution in [0.15, 0.2) is 30.9 Å². The summed E-state index contributed by atoms with van der Waals surface area (Å²) in [5.74, 6) is 1.62. The molecule has 0 saturated carbocycles. The lowest BCUT2D eigenvalue weighted by Crippen LogP contribution is -2.52. The van der Waals surface area contributed by atoms with Crippen LogP contribution >= 0.6 is 0 Å². The average Bonchev–Trinajstić information content (AvgIpc) is 3.19. The highest BCUT2D eigenvalue weighted by Crippen LogP contribution is 2.26. The van der Waals surface area contributed by atoms with Crippen LogP contribution < -0.4 is 15.5 Å². The largest absolute Gasteiger partial charge is 0.355 e. The summed E-state index contributed by atoms with van der Waals surface area (Å²) < 4.78 is 1.82. The summed E-state index contributed by atoms with van der Waals surface area (Å²) in [6, 6.07) is 3.86. The predicted octanol–water partition coefficient (Wildman–Crippen LogP) is 0.314. The van der Waals surface area contributed by atoms with E-state index in [4.69, 9.17) is 0 Å².